The van der Waals surface area contributed by atoms with E-state index in [2.05, 4.69) is 36.9 Å². The molecule has 3 aromatic carbocycles. The molecule has 4 rings (SSSR count). The van der Waals surface area contributed by atoms with Gasteiger partial charge in [-0.2, -0.15) is 0 Å². The topological polar surface area (TPSA) is 65.0 Å². The second kappa shape index (κ2) is 9.18. The van der Waals surface area contributed by atoms with E-state index in [9.17, 15) is 9.59 Å². The summed E-state index contributed by atoms with van der Waals surface area (Å²) in [5.74, 6) is -0.596. The van der Waals surface area contributed by atoms with Crippen molar-refractivity contribution < 1.29 is 19.1 Å². The Labute approximate surface area is 199 Å². The van der Waals surface area contributed by atoms with Crippen LogP contribution in [0.3, 0.4) is 0 Å². The van der Waals surface area contributed by atoms with Crippen LogP contribution >= 0.6 is 43.5 Å². The zero-order valence-electron chi connectivity index (χ0n) is 15.6. The molecule has 1 aliphatic heterocycles. The van der Waals surface area contributed by atoms with Gasteiger partial charge in [-0.3, -0.25) is 0 Å². The van der Waals surface area contributed by atoms with Crippen LogP contribution in [0.5, 0.6) is 5.75 Å². The fourth-order valence-corrected chi connectivity index (χ4v) is 4.40. The molecule has 3 aromatic rings. The molecule has 0 amide bonds. The molecule has 5 nitrogen and oxygen atoms in total. The number of esters is 2. The predicted molar refractivity (Wildman–Crippen MR) is 125 cm³/mol. The summed E-state index contributed by atoms with van der Waals surface area (Å²) < 4.78 is 11.8. The summed E-state index contributed by atoms with van der Waals surface area (Å²) in [6.45, 7) is 0. The van der Waals surface area contributed by atoms with Gasteiger partial charge in [0.25, 0.3) is 0 Å². The number of cyclic esters (lactones) is 1. The van der Waals surface area contributed by atoms with Gasteiger partial charge >= 0.3 is 11.9 Å². The van der Waals surface area contributed by atoms with Crippen LogP contribution in [0.2, 0.25) is 5.02 Å². The van der Waals surface area contributed by atoms with E-state index >= 15 is 0 Å². The molecule has 0 saturated heterocycles. The van der Waals surface area contributed by atoms with Crippen molar-refractivity contribution >= 4 is 67.4 Å². The molecule has 0 saturated carbocycles. The Morgan fingerprint density at radius 2 is 1.65 bits per heavy atom. The summed E-state index contributed by atoms with van der Waals surface area (Å²) in [6.07, 6.45) is 1.57. The lowest BCUT2D eigenvalue weighted by atomic mass is 10.2. The highest BCUT2D eigenvalue weighted by atomic mass is 79.9. The average molecular weight is 562 g/mol. The van der Waals surface area contributed by atoms with Gasteiger partial charge in [-0.05, 0) is 79.9 Å². The zero-order chi connectivity index (χ0) is 22.0. The molecule has 154 valence electrons. The van der Waals surface area contributed by atoms with E-state index in [0.717, 1.165) is 0 Å². The third-order valence-corrected chi connectivity index (χ3v) is 5.76. The van der Waals surface area contributed by atoms with Gasteiger partial charge in [0.2, 0.25) is 5.90 Å². The van der Waals surface area contributed by atoms with Crippen LogP contribution in [0.4, 0.5) is 0 Å². The van der Waals surface area contributed by atoms with Gasteiger partial charge in [0.05, 0.1) is 25.1 Å². The largest absolute Gasteiger partial charge is 0.421 e. The number of carbonyl (C=O) groups is 2. The van der Waals surface area contributed by atoms with Gasteiger partial charge in [-0.1, -0.05) is 41.9 Å². The minimum absolute atomic E-state index is 0.128. The standard InChI is InChI=1S/C23H12Br2ClNO4/c24-16-10-13(11-17(25)20(16)30-22(28)14-6-2-1-3-7-14)12-19-23(29)31-21(27-19)15-8-4-5-9-18(15)26/h1-12H/b19-12-. The number of nitrogens with zero attached hydrogens (tertiary/aromatic N) is 1. The molecule has 1 heterocycles. The number of rotatable bonds is 4. The smallest absolute Gasteiger partial charge is 0.363 e. The van der Waals surface area contributed by atoms with Crippen molar-refractivity contribution in [1.82, 2.24) is 0 Å². The fourth-order valence-electron chi connectivity index (χ4n) is 2.80. The summed E-state index contributed by atoms with van der Waals surface area (Å²) in [5.41, 5.74) is 1.74. The van der Waals surface area contributed by atoms with Crippen molar-refractivity contribution in [3.8, 4) is 5.75 Å². The Bertz CT molecular complexity index is 1230. The minimum atomic E-state index is -0.582. The van der Waals surface area contributed by atoms with E-state index in [0.29, 0.717) is 36.4 Å². The number of benzene rings is 3. The fraction of sp³-hybridized carbons (Fsp3) is 0. The average Bonchev–Trinajstić information content (AvgIpc) is 3.11. The lowest BCUT2D eigenvalue weighted by Crippen LogP contribution is -2.09. The van der Waals surface area contributed by atoms with Crippen LogP contribution in [0.1, 0.15) is 21.5 Å². The van der Waals surface area contributed by atoms with Crippen LogP contribution in [0, 0.1) is 0 Å². The van der Waals surface area contributed by atoms with Gasteiger partial charge < -0.3 is 9.47 Å². The molecule has 0 bridgehead atoms. The van der Waals surface area contributed by atoms with Crippen LogP contribution in [-0.2, 0) is 9.53 Å². The van der Waals surface area contributed by atoms with E-state index < -0.39 is 11.9 Å². The molecule has 0 aliphatic carbocycles. The molecule has 0 aromatic heterocycles. The lowest BCUT2D eigenvalue weighted by Gasteiger charge is -2.10. The molecule has 0 spiro atoms. The molecule has 0 unspecified atom stereocenters. The van der Waals surface area contributed by atoms with Crippen molar-refractivity contribution in [3.05, 3.63) is 103 Å². The molecule has 31 heavy (non-hydrogen) atoms. The number of halogens is 3. The van der Waals surface area contributed by atoms with Gasteiger partial charge in [0.15, 0.2) is 11.4 Å². The van der Waals surface area contributed by atoms with Crippen LogP contribution < -0.4 is 4.74 Å². The molecule has 0 fully saturated rings. The molecule has 1 aliphatic rings. The Morgan fingerprint density at radius 3 is 2.32 bits per heavy atom. The molecular formula is C23H12Br2ClNO4. The predicted octanol–water partition coefficient (Wildman–Crippen LogP) is 6.43. The van der Waals surface area contributed by atoms with Crippen molar-refractivity contribution in [2.75, 3.05) is 0 Å². The van der Waals surface area contributed by atoms with E-state index in [1.54, 1.807) is 66.7 Å². The molecule has 0 N–H and O–H groups in total. The quantitative estimate of drug-likeness (QED) is 0.209. The second-order valence-corrected chi connectivity index (χ2v) is 8.50. The highest BCUT2D eigenvalue weighted by Crippen LogP contribution is 2.36. The number of carbonyl (C=O) groups excluding carboxylic acids is 2. The SMILES string of the molecule is O=C1OC(c2ccccc2Cl)=N/C1=C\c1cc(Br)c(OC(=O)c2ccccc2)c(Br)c1. The van der Waals surface area contributed by atoms with E-state index in [1.165, 1.54) is 0 Å². The number of aliphatic imine (C=N–C) groups is 1. The third kappa shape index (κ3) is 4.79. The monoisotopic (exact) mass is 559 g/mol. The lowest BCUT2D eigenvalue weighted by molar-refractivity contribution is -0.129. The maximum absolute atomic E-state index is 12.4. The van der Waals surface area contributed by atoms with E-state index in [-0.39, 0.29) is 11.6 Å². The molecule has 8 heteroatoms. The highest BCUT2D eigenvalue weighted by molar-refractivity contribution is 9.11. The molecule has 0 atom stereocenters. The van der Waals surface area contributed by atoms with Crippen molar-refractivity contribution in [1.29, 1.82) is 0 Å². The molecular weight excluding hydrogens is 550 g/mol. The Kier molecular flexibility index (Phi) is 6.36. The minimum Gasteiger partial charge on any atom is -0.421 e. The van der Waals surface area contributed by atoms with Crippen molar-refractivity contribution in [2.24, 2.45) is 4.99 Å². The maximum Gasteiger partial charge on any atom is 0.363 e. The first-order valence-electron chi connectivity index (χ1n) is 8.96. The highest BCUT2D eigenvalue weighted by Gasteiger charge is 2.25. The Balaban J connectivity index is 1.61. The summed E-state index contributed by atoms with van der Waals surface area (Å²) in [6, 6.07) is 19.1. The van der Waals surface area contributed by atoms with Crippen molar-refractivity contribution in [3.63, 3.8) is 0 Å². The number of hydrogen-bond acceptors (Lipinski definition) is 5. The third-order valence-electron chi connectivity index (χ3n) is 4.25. The second-order valence-electron chi connectivity index (χ2n) is 6.39. The van der Waals surface area contributed by atoms with E-state index in [1.807, 2.05) is 6.07 Å². The summed E-state index contributed by atoms with van der Waals surface area (Å²) in [5, 5.41) is 0.436. The summed E-state index contributed by atoms with van der Waals surface area (Å²) >= 11 is 13.0. The van der Waals surface area contributed by atoms with Crippen LogP contribution in [-0.4, -0.2) is 17.8 Å². The Morgan fingerprint density at radius 1 is 1.00 bits per heavy atom. The Hall–Kier alpha value is -2.74. The summed E-state index contributed by atoms with van der Waals surface area (Å²) in [7, 11) is 0. The van der Waals surface area contributed by atoms with Crippen molar-refractivity contribution in [2.45, 2.75) is 0 Å². The first-order valence-corrected chi connectivity index (χ1v) is 10.9. The van der Waals surface area contributed by atoms with Gasteiger partial charge in [0, 0.05) is 0 Å². The first kappa shape index (κ1) is 21.5. The summed E-state index contributed by atoms with van der Waals surface area (Å²) in [4.78, 5) is 28.9. The van der Waals surface area contributed by atoms with Gasteiger partial charge in [-0.15, -0.1) is 0 Å². The maximum atomic E-state index is 12.4. The zero-order valence-corrected chi connectivity index (χ0v) is 19.6. The normalized spacial score (nSPS) is 14.4. The van der Waals surface area contributed by atoms with Gasteiger partial charge in [-0.25, -0.2) is 14.6 Å². The first-order chi connectivity index (χ1) is 14.9. The van der Waals surface area contributed by atoms with Crippen LogP contribution in [0.25, 0.3) is 6.08 Å². The van der Waals surface area contributed by atoms with E-state index in [4.69, 9.17) is 21.1 Å². The molecule has 0 radical (unpaired) electrons. The van der Waals surface area contributed by atoms with Crippen LogP contribution in [0.15, 0.2) is 86.4 Å². The van der Waals surface area contributed by atoms with Gasteiger partial charge in [0.1, 0.15) is 0 Å². The number of ether oxygens (including phenoxy) is 2. The number of hydrogen-bond donors (Lipinski definition) is 0.